The molecule has 0 aliphatic rings. The molecule has 0 fully saturated rings. The highest BCUT2D eigenvalue weighted by Gasteiger charge is 1.99. The Kier molecular flexibility index (Phi) is 7.99. The molecule has 2 aromatic rings. The molecule has 2 aromatic carbocycles. The van der Waals surface area contributed by atoms with Crippen LogP contribution >= 0.6 is 0 Å². The summed E-state index contributed by atoms with van der Waals surface area (Å²) in [5.41, 5.74) is 14.8. The van der Waals surface area contributed by atoms with E-state index in [1.807, 2.05) is 24.3 Å². The Bertz CT molecular complexity index is 447. The van der Waals surface area contributed by atoms with Gasteiger partial charge < -0.3 is 11.5 Å². The number of para-hydroxylation sites is 1. The number of nitrogen functional groups attached to an aromatic ring is 1. The lowest BCUT2D eigenvalue weighted by atomic mass is 10.0. The zero-order chi connectivity index (χ0) is 14.0. The molecule has 2 heteroatoms. The molecule has 0 spiro atoms. The van der Waals surface area contributed by atoms with Gasteiger partial charge in [0.05, 0.1) is 0 Å². The quantitative estimate of drug-likeness (QED) is 0.592. The van der Waals surface area contributed by atoms with Gasteiger partial charge in [0.25, 0.3) is 0 Å². The molecule has 2 nitrogen and oxygen atoms in total. The van der Waals surface area contributed by atoms with Crippen LogP contribution < -0.4 is 11.5 Å². The first-order valence-electron chi connectivity index (χ1n) is 5.76. The van der Waals surface area contributed by atoms with Crippen LogP contribution in [0.4, 0.5) is 5.69 Å². The van der Waals surface area contributed by atoms with Gasteiger partial charge in [0, 0.05) is 11.3 Å². The maximum absolute atomic E-state index is 5.89. The molecular formula is C16H22N2. The van der Waals surface area contributed by atoms with Crippen LogP contribution in [-0.4, -0.2) is 7.05 Å². The zero-order valence-electron chi connectivity index (χ0n) is 11.2. The second-order valence-corrected chi connectivity index (χ2v) is 3.45. The Labute approximate surface area is 110 Å². The van der Waals surface area contributed by atoms with Gasteiger partial charge in [-0.25, -0.2) is 0 Å². The molecule has 18 heavy (non-hydrogen) atoms. The van der Waals surface area contributed by atoms with Crippen LogP contribution in [0.5, 0.6) is 0 Å². The van der Waals surface area contributed by atoms with Crippen molar-refractivity contribution in [3.05, 3.63) is 67.3 Å². The first-order chi connectivity index (χ1) is 8.77. The molecule has 0 radical (unpaired) electrons. The molecular weight excluding hydrogens is 220 g/mol. The van der Waals surface area contributed by atoms with Gasteiger partial charge in [-0.2, -0.15) is 0 Å². The van der Waals surface area contributed by atoms with Gasteiger partial charge >= 0.3 is 0 Å². The molecule has 0 saturated heterocycles. The van der Waals surface area contributed by atoms with Crippen LogP contribution in [0.25, 0.3) is 11.1 Å². The summed E-state index contributed by atoms with van der Waals surface area (Å²) in [5.74, 6) is 0. The number of anilines is 1. The number of hydrogen-bond donors (Lipinski definition) is 2. The van der Waals surface area contributed by atoms with Crippen molar-refractivity contribution in [2.45, 2.75) is 6.92 Å². The summed E-state index contributed by atoms with van der Waals surface area (Å²) in [7, 11) is 1.50. The van der Waals surface area contributed by atoms with Gasteiger partial charge in [-0.1, -0.05) is 48.0 Å². The zero-order valence-corrected chi connectivity index (χ0v) is 11.2. The molecule has 4 N–H and O–H groups in total. The third-order valence-corrected chi connectivity index (χ3v) is 2.32. The smallest absolute Gasteiger partial charge is 0.0393 e. The van der Waals surface area contributed by atoms with Crippen LogP contribution in [0.3, 0.4) is 0 Å². The van der Waals surface area contributed by atoms with E-state index in [0.717, 1.165) is 11.3 Å². The van der Waals surface area contributed by atoms with Gasteiger partial charge in [0.1, 0.15) is 0 Å². The van der Waals surface area contributed by atoms with Crippen molar-refractivity contribution in [2.24, 2.45) is 5.73 Å². The van der Waals surface area contributed by atoms with E-state index >= 15 is 0 Å². The van der Waals surface area contributed by atoms with Crippen molar-refractivity contribution in [2.75, 3.05) is 12.8 Å². The molecule has 0 unspecified atom stereocenters. The summed E-state index contributed by atoms with van der Waals surface area (Å²) in [4.78, 5) is 0. The van der Waals surface area contributed by atoms with Crippen molar-refractivity contribution in [3.63, 3.8) is 0 Å². The van der Waals surface area contributed by atoms with Crippen LogP contribution in [0, 0.1) is 6.92 Å². The van der Waals surface area contributed by atoms with E-state index in [2.05, 4.69) is 50.1 Å². The molecule has 0 heterocycles. The minimum Gasteiger partial charge on any atom is -0.398 e. The molecule has 0 aromatic heterocycles. The molecule has 2 rings (SSSR count). The van der Waals surface area contributed by atoms with E-state index in [0.29, 0.717) is 0 Å². The molecule has 0 saturated carbocycles. The topological polar surface area (TPSA) is 52.0 Å². The third-order valence-electron chi connectivity index (χ3n) is 2.32. The average Bonchev–Trinajstić information content (AvgIpc) is 2.45. The van der Waals surface area contributed by atoms with E-state index < -0.39 is 0 Å². The molecule has 0 aliphatic heterocycles. The first-order valence-corrected chi connectivity index (χ1v) is 5.76. The SMILES string of the molecule is C=C.CN.Cc1ccc(-c2ccccc2N)cc1. The molecule has 96 valence electrons. The lowest BCUT2D eigenvalue weighted by Crippen LogP contribution is -1.88. The lowest BCUT2D eigenvalue weighted by Gasteiger charge is -2.05. The monoisotopic (exact) mass is 242 g/mol. The second-order valence-electron chi connectivity index (χ2n) is 3.45. The summed E-state index contributed by atoms with van der Waals surface area (Å²) in [6.07, 6.45) is 0. The summed E-state index contributed by atoms with van der Waals surface area (Å²) in [6.45, 7) is 8.08. The Morgan fingerprint density at radius 2 is 1.33 bits per heavy atom. The number of hydrogen-bond acceptors (Lipinski definition) is 2. The minimum absolute atomic E-state index is 0.830. The predicted octanol–water partition coefficient (Wildman–Crippen LogP) is 3.62. The van der Waals surface area contributed by atoms with Gasteiger partial charge in [0.15, 0.2) is 0 Å². The van der Waals surface area contributed by atoms with Gasteiger partial charge in [-0.15, -0.1) is 13.2 Å². The highest BCUT2D eigenvalue weighted by Crippen LogP contribution is 2.25. The lowest BCUT2D eigenvalue weighted by molar-refractivity contribution is 1.47. The summed E-state index contributed by atoms with van der Waals surface area (Å²) < 4.78 is 0. The predicted molar refractivity (Wildman–Crippen MR) is 82.4 cm³/mol. The van der Waals surface area contributed by atoms with E-state index in [4.69, 9.17) is 5.73 Å². The van der Waals surface area contributed by atoms with E-state index in [1.165, 1.54) is 18.2 Å². The second kappa shape index (κ2) is 9.02. The molecule has 0 amide bonds. The Balaban J connectivity index is 0.000000659. The Morgan fingerprint density at radius 3 is 1.83 bits per heavy atom. The standard InChI is InChI=1S/C13H13N.C2H4.CH5N/c1-10-6-8-11(9-7-10)12-4-2-3-5-13(12)14;2*1-2/h2-9H,14H2,1H3;1-2H2;2H2,1H3. The van der Waals surface area contributed by atoms with Crippen LogP contribution in [-0.2, 0) is 0 Å². The number of nitrogens with two attached hydrogens (primary N) is 2. The highest BCUT2D eigenvalue weighted by molar-refractivity contribution is 5.76. The highest BCUT2D eigenvalue weighted by atomic mass is 14.6. The number of aryl methyl sites for hydroxylation is 1. The largest absolute Gasteiger partial charge is 0.398 e. The maximum atomic E-state index is 5.89. The molecule has 0 bridgehead atoms. The number of rotatable bonds is 1. The Morgan fingerprint density at radius 1 is 0.833 bits per heavy atom. The van der Waals surface area contributed by atoms with Crippen molar-refractivity contribution in [1.29, 1.82) is 0 Å². The number of benzene rings is 2. The van der Waals surface area contributed by atoms with E-state index in [1.54, 1.807) is 0 Å². The van der Waals surface area contributed by atoms with E-state index in [-0.39, 0.29) is 0 Å². The van der Waals surface area contributed by atoms with Gasteiger partial charge in [-0.05, 0) is 25.6 Å². The van der Waals surface area contributed by atoms with Gasteiger partial charge in [-0.3, -0.25) is 0 Å². The van der Waals surface area contributed by atoms with Crippen molar-refractivity contribution in [3.8, 4) is 11.1 Å². The third kappa shape index (κ3) is 4.44. The minimum atomic E-state index is 0.830. The van der Waals surface area contributed by atoms with Crippen LogP contribution in [0.2, 0.25) is 0 Å². The van der Waals surface area contributed by atoms with Crippen LogP contribution in [0.1, 0.15) is 5.56 Å². The fraction of sp³-hybridized carbons (Fsp3) is 0.125. The summed E-state index contributed by atoms with van der Waals surface area (Å²) in [5, 5.41) is 0. The van der Waals surface area contributed by atoms with Crippen molar-refractivity contribution in [1.82, 2.24) is 0 Å². The summed E-state index contributed by atoms with van der Waals surface area (Å²) in [6, 6.07) is 16.3. The maximum Gasteiger partial charge on any atom is 0.0393 e. The molecule has 0 atom stereocenters. The van der Waals surface area contributed by atoms with Crippen molar-refractivity contribution < 1.29 is 0 Å². The van der Waals surface area contributed by atoms with Crippen LogP contribution in [0.15, 0.2) is 61.7 Å². The Hall–Kier alpha value is -2.06. The van der Waals surface area contributed by atoms with Crippen molar-refractivity contribution >= 4 is 5.69 Å². The van der Waals surface area contributed by atoms with Gasteiger partial charge in [0.2, 0.25) is 0 Å². The summed E-state index contributed by atoms with van der Waals surface area (Å²) >= 11 is 0. The fourth-order valence-electron chi connectivity index (χ4n) is 1.49. The molecule has 0 aliphatic carbocycles. The average molecular weight is 242 g/mol. The fourth-order valence-corrected chi connectivity index (χ4v) is 1.49. The first kappa shape index (κ1) is 15.9. The normalized spacial score (nSPS) is 8.39. The van der Waals surface area contributed by atoms with E-state index in [9.17, 15) is 0 Å².